The summed E-state index contributed by atoms with van der Waals surface area (Å²) in [7, 11) is 0. The molecule has 0 spiro atoms. The monoisotopic (exact) mass is 284 g/mol. The third-order valence-electron chi connectivity index (χ3n) is 2.57. The Labute approximate surface area is 117 Å². The lowest BCUT2D eigenvalue weighted by molar-refractivity contribution is -0.127. The summed E-state index contributed by atoms with van der Waals surface area (Å²) in [6.45, 7) is 2.74. The van der Waals surface area contributed by atoms with Gasteiger partial charge in [0.1, 0.15) is 23.9 Å². The molecule has 0 bridgehead atoms. The maximum Gasteiger partial charge on any atom is 0.242 e. The third kappa shape index (κ3) is 8.12. The number of carbonyl (C=O) groups excluding carboxylic acids is 5. The second-order valence-electron chi connectivity index (χ2n) is 4.60. The lowest BCUT2D eigenvalue weighted by atomic mass is 10.0. The quantitative estimate of drug-likeness (QED) is 0.498. The highest BCUT2D eigenvalue weighted by Gasteiger charge is 2.22. The average Bonchev–Trinajstić information content (AvgIpc) is 2.32. The summed E-state index contributed by atoms with van der Waals surface area (Å²) in [5.41, 5.74) is 0. The van der Waals surface area contributed by atoms with Crippen LogP contribution in [-0.4, -0.2) is 42.3 Å². The molecular formula is C13H20N2O5. The van der Waals surface area contributed by atoms with Gasteiger partial charge in [-0.05, 0) is 20.3 Å². The Balaban J connectivity index is 4.65. The largest absolute Gasteiger partial charge is 0.351 e. The molecule has 0 aromatic rings. The molecule has 0 saturated heterocycles. The second kappa shape index (κ2) is 9.82. The average molecular weight is 284 g/mol. The van der Waals surface area contributed by atoms with Gasteiger partial charge < -0.3 is 15.4 Å². The number of aldehydes is 1. The van der Waals surface area contributed by atoms with Crippen molar-refractivity contribution in [3.63, 3.8) is 0 Å². The Hall–Kier alpha value is -2.05. The topological polar surface area (TPSA) is 109 Å². The van der Waals surface area contributed by atoms with Gasteiger partial charge in [-0.25, -0.2) is 0 Å². The minimum Gasteiger partial charge on any atom is -0.351 e. The molecule has 1 unspecified atom stereocenters. The number of amides is 2. The molecule has 0 aromatic carbocycles. The van der Waals surface area contributed by atoms with E-state index in [9.17, 15) is 24.0 Å². The van der Waals surface area contributed by atoms with Crippen LogP contribution >= 0.6 is 0 Å². The molecule has 0 heterocycles. The van der Waals surface area contributed by atoms with Gasteiger partial charge in [0.2, 0.25) is 12.3 Å². The molecule has 20 heavy (non-hydrogen) atoms. The molecule has 0 aliphatic carbocycles. The lowest BCUT2D eigenvalue weighted by Crippen LogP contribution is -2.48. The third-order valence-corrected chi connectivity index (χ3v) is 2.57. The summed E-state index contributed by atoms with van der Waals surface area (Å²) in [6.07, 6.45) is 1.42. The summed E-state index contributed by atoms with van der Waals surface area (Å²) in [5.74, 6) is -0.805. The van der Waals surface area contributed by atoms with Gasteiger partial charge in [-0.3, -0.25) is 19.2 Å². The molecule has 0 aliphatic rings. The lowest BCUT2D eigenvalue weighted by Gasteiger charge is -2.20. The van der Waals surface area contributed by atoms with E-state index in [4.69, 9.17) is 0 Å². The molecule has 0 fully saturated rings. The Kier molecular flexibility index (Phi) is 8.82. The van der Waals surface area contributed by atoms with Crippen LogP contribution < -0.4 is 10.6 Å². The molecule has 7 heteroatoms. The molecule has 0 aliphatic heterocycles. The highest BCUT2D eigenvalue weighted by Crippen LogP contribution is 2.03. The summed E-state index contributed by atoms with van der Waals surface area (Å²) in [5, 5.41) is 4.86. The number of hydrogen-bond acceptors (Lipinski definition) is 5. The molecule has 0 aromatic heterocycles. The fourth-order valence-corrected chi connectivity index (χ4v) is 1.78. The predicted octanol–water partition coefficient (Wildman–Crippen LogP) is -0.477. The van der Waals surface area contributed by atoms with Gasteiger partial charge in [-0.1, -0.05) is 0 Å². The van der Waals surface area contributed by atoms with E-state index >= 15 is 0 Å². The maximum absolute atomic E-state index is 11.9. The summed E-state index contributed by atoms with van der Waals surface area (Å²) >= 11 is 0. The first kappa shape index (κ1) is 17.9. The van der Waals surface area contributed by atoms with Crippen molar-refractivity contribution in [2.24, 2.45) is 0 Å². The van der Waals surface area contributed by atoms with Crippen molar-refractivity contribution in [2.45, 2.75) is 51.6 Å². The number of Topliss-reactive ketones (excluding diaryl/α,β-unsaturated/α-hetero) is 2. The minimum absolute atomic E-state index is 0.0484. The molecule has 112 valence electrons. The van der Waals surface area contributed by atoms with E-state index in [-0.39, 0.29) is 37.2 Å². The van der Waals surface area contributed by atoms with Crippen molar-refractivity contribution in [2.75, 3.05) is 0 Å². The zero-order valence-corrected chi connectivity index (χ0v) is 11.7. The Bertz CT molecular complexity index is 365. The van der Waals surface area contributed by atoms with Gasteiger partial charge in [-0.2, -0.15) is 0 Å². The molecule has 0 saturated carbocycles. The fourth-order valence-electron chi connectivity index (χ4n) is 1.78. The van der Waals surface area contributed by atoms with E-state index in [1.165, 1.54) is 13.8 Å². The SMILES string of the molecule is CC(=O)CC(CC(C)=O)NC(=O)C(CCC=O)NC=O. The number of nitrogens with one attached hydrogen (secondary N) is 2. The number of carbonyl (C=O) groups is 5. The molecule has 7 nitrogen and oxygen atoms in total. The van der Waals surface area contributed by atoms with Gasteiger partial charge in [-0.15, -0.1) is 0 Å². The van der Waals surface area contributed by atoms with E-state index in [1.54, 1.807) is 0 Å². The first-order valence-corrected chi connectivity index (χ1v) is 6.33. The fraction of sp³-hybridized carbons (Fsp3) is 0.615. The Morgan fingerprint density at radius 3 is 2.00 bits per heavy atom. The van der Waals surface area contributed by atoms with Crippen LogP contribution in [0, 0.1) is 0 Å². The van der Waals surface area contributed by atoms with Crippen LogP contribution in [0.4, 0.5) is 0 Å². The van der Waals surface area contributed by atoms with Gasteiger partial charge in [0.25, 0.3) is 0 Å². The van der Waals surface area contributed by atoms with Gasteiger partial charge in [0.15, 0.2) is 0 Å². The molecule has 0 rings (SSSR count). The Morgan fingerprint density at radius 1 is 1.05 bits per heavy atom. The minimum atomic E-state index is -0.848. The van der Waals surface area contributed by atoms with Crippen LogP contribution in [0.15, 0.2) is 0 Å². The zero-order valence-electron chi connectivity index (χ0n) is 11.7. The summed E-state index contributed by atoms with van der Waals surface area (Å²) in [4.78, 5) is 54.9. The van der Waals surface area contributed by atoms with Crippen molar-refractivity contribution in [3.05, 3.63) is 0 Å². The van der Waals surface area contributed by atoms with E-state index in [2.05, 4.69) is 10.6 Å². The number of ketones is 2. The summed E-state index contributed by atoms with van der Waals surface area (Å²) in [6, 6.07) is -1.44. The van der Waals surface area contributed by atoms with Crippen LogP contribution in [0.3, 0.4) is 0 Å². The second-order valence-corrected chi connectivity index (χ2v) is 4.60. The van der Waals surface area contributed by atoms with Crippen molar-refractivity contribution < 1.29 is 24.0 Å². The number of hydrogen-bond donors (Lipinski definition) is 2. The highest BCUT2D eigenvalue weighted by molar-refractivity contribution is 5.86. The Morgan fingerprint density at radius 2 is 1.60 bits per heavy atom. The molecule has 0 radical (unpaired) electrons. The highest BCUT2D eigenvalue weighted by atomic mass is 16.2. The molecule has 1 atom stereocenters. The van der Waals surface area contributed by atoms with Crippen LogP contribution in [0.5, 0.6) is 0 Å². The van der Waals surface area contributed by atoms with E-state index < -0.39 is 18.0 Å². The molecular weight excluding hydrogens is 264 g/mol. The summed E-state index contributed by atoms with van der Waals surface area (Å²) < 4.78 is 0. The van der Waals surface area contributed by atoms with Crippen LogP contribution in [-0.2, 0) is 24.0 Å². The van der Waals surface area contributed by atoms with Crippen molar-refractivity contribution in [1.29, 1.82) is 0 Å². The maximum atomic E-state index is 11.9. The van der Waals surface area contributed by atoms with Crippen LogP contribution in [0.25, 0.3) is 0 Å². The van der Waals surface area contributed by atoms with Gasteiger partial charge in [0.05, 0.1) is 0 Å². The molecule has 2 N–H and O–H groups in total. The van der Waals surface area contributed by atoms with Crippen LogP contribution in [0.2, 0.25) is 0 Å². The van der Waals surface area contributed by atoms with E-state index in [0.29, 0.717) is 12.7 Å². The van der Waals surface area contributed by atoms with Gasteiger partial charge in [0, 0.05) is 25.3 Å². The van der Waals surface area contributed by atoms with Crippen molar-refractivity contribution >= 4 is 30.2 Å². The van der Waals surface area contributed by atoms with Gasteiger partial charge >= 0.3 is 0 Å². The zero-order chi connectivity index (χ0) is 15.5. The normalized spacial score (nSPS) is 11.6. The number of rotatable bonds is 11. The van der Waals surface area contributed by atoms with Crippen molar-refractivity contribution in [3.8, 4) is 0 Å². The molecule has 2 amide bonds. The first-order chi connectivity index (χ1) is 9.40. The first-order valence-electron chi connectivity index (χ1n) is 6.33. The van der Waals surface area contributed by atoms with E-state index in [0.717, 1.165) is 0 Å². The standard InChI is InChI=1S/C13H20N2O5/c1-9(18)6-11(7-10(2)19)15-13(20)12(14-8-17)4-3-5-16/h5,8,11-12H,3-4,6-7H2,1-2H3,(H,14,17)(H,15,20). The predicted molar refractivity (Wildman–Crippen MR) is 70.8 cm³/mol. The van der Waals surface area contributed by atoms with Crippen molar-refractivity contribution in [1.82, 2.24) is 10.6 Å². The smallest absolute Gasteiger partial charge is 0.242 e. The van der Waals surface area contributed by atoms with E-state index in [1.807, 2.05) is 0 Å². The van der Waals surface area contributed by atoms with Crippen LogP contribution in [0.1, 0.15) is 39.5 Å².